The van der Waals surface area contributed by atoms with Crippen LogP contribution in [0.5, 0.6) is 0 Å². The summed E-state index contributed by atoms with van der Waals surface area (Å²) in [5.41, 5.74) is 1.26. The maximum absolute atomic E-state index is 4.13. The molecule has 19 heavy (non-hydrogen) atoms. The van der Waals surface area contributed by atoms with E-state index in [2.05, 4.69) is 46.9 Å². The molecule has 1 aliphatic rings. The number of nitrogens with one attached hydrogen (secondary N) is 1. The summed E-state index contributed by atoms with van der Waals surface area (Å²) in [7, 11) is 0. The zero-order valence-corrected chi connectivity index (χ0v) is 12.9. The van der Waals surface area contributed by atoms with Gasteiger partial charge in [-0.2, -0.15) is 11.8 Å². The van der Waals surface area contributed by atoms with Crippen LogP contribution in [0.4, 0.5) is 0 Å². The van der Waals surface area contributed by atoms with E-state index in [9.17, 15) is 0 Å². The van der Waals surface area contributed by atoms with Gasteiger partial charge >= 0.3 is 0 Å². The normalized spacial score (nSPS) is 20.1. The summed E-state index contributed by atoms with van der Waals surface area (Å²) in [5.74, 6) is 1.26. The molecule has 2 rings (SSSR count). The Bertz CT molecular complexity index is 367. The smallest absolute Gasteiger partial charge is 0.0312 e. The summed E-state index contributed by atoms with van der Waals surface area (Å²) in [6.45, 7) is 10.3. The Hall–Kier alpha value is -0.580. The molecule has 0 amide bonds. The topological polar surface area (TPSA) is 28.2 Å². The molecule has 0 saturated carbocycles. The van der Waals surface area contributed by atoms with Gasteiger partial charge in [0.05, 0.1) is 0 Å². The molecule has 4 heteroatoms. The maximum Gasteiger partial charge on any atom is 0.0312 e. The fourth-order valence-electron chi connectivity index (χ4n) is 2.26. The average molecular weight is 279 g/mol. The SMILES string of the molecule is CC1(C)CCN(CCNCc2cccnc2)CCS1. The van der Waals surface area contributed by atoms with Crippen molar-refractivity contribution in [2.24, 2.45) is 0 Å². The van der Waals surface area contributed by atoms with Crippen LogP contribution in [0.2, 0.25) is 0 Å². The minimum absolute atomic E-state index is 0.456. The molecule has 1 N–H and O–H groups in total. The molecule has 0 unspecified atom stereocenters. The van der Waals surface area contributed by atoms with Crippen LogP contribution in [0.25, 0.3) is 0 Å². The lowest BCUT2D eigenvalue weighted by Gasteiger charge is -2.22. The fourth-order valence-corrected chi connectivity index (χ4v) is 3.40. The molecule has 3 nitrogen and oxygen atoms in total. The van der Waals surface area contributed by atoms with E-state index in [1.54, 1.807) is 0 Å². The Morgan fingerprint density at radius 3 is 3.11 bits per heavy atom. The quantitative estimate of drug-likeness (QED) is 0.838. The van der Waals surface area contributed by atoms with Crippen molar-refractivity contribution in [3.63, 3.8) is 0 Å². The average Bonchev–Trinajstić information content (AvgIpc) is 2.57. The second-order valence-electron chi connectivity index (χ2n) is 5.74. The first-order chi connectivity index (χ1) is 9.16. The number of pyridine rings is 1. The molecule has 0 aliphatic carbocycles. The second kappa shape index (κ2) is 7.27. The largest absolute Gasteiger partial charge is 0.311 e. The first kappa shape index (κ1) is 14.8. The van der Waals surface area contributed by atoms with Crippen molar-refractivity contribution in [3.05, 3.63) is 30.1 Å². The van der Waals surface area contributed by atoms with E-state index in [1.807, 2.05) is 18.5 Å². The summed E-state index contributed by atoms with van der Waals surface area (Å²) in [5, 5.41) is 3.50. The lowest BCUT2D eigenvalue weighted by atomic mass is 10.1. The highest BCUT2D eigenvalue weighted by atomic mass is 32.2. The van der Waals surface area contributed by atoms with Crippen molar-refractivity contribution in [2.75, 3.05) is 31.9 Å². The van der Waals surface area contributed by atoms with Gasteiger partial charge in [0.2, 0.25) is 0 Å². The van der Waals surface area contributed by atoms with Gasteiger partial charge in [-0.25, -0.2) is 0 Å². The zero-order valence-electron chi connectivity index (χ0n) is 12.1. The summed E-state index contributed by atoms with van der Waals surface area (Å²) in [6.07, 6.45) is 5.04. The molecular weight excluding hydrogens is 254 g/mol. The van der Waals surface area contributed by atoms with E-state index in [1.165, 1.54) is 30.8 Å². The number of rotatable bonds is 5. The number of nitrogens with zero attached hydrogens (tertiary/aromatic N) is 2. The van der Waals surface area contributed by atoms with Gasteiger partial charge in [-0.15, -0.1) is 0 Å². The zero-order chi connectivity index (χ0) is 13.6. The van der Waals surface area contributed by atoms with Crippen molar-refractivity contribution in [1.82, 2.24) is 15.2 Å². The molecule has 0 radical (unpaired) electrons. The molecule has 1 saturated heterocycles. The third kappa shape index (κ3) is 5.51. The van der Waals surface area contributed by atoms with Crippen molar-refractivity contribution in [3.8, 4) is 0 Å². The van der Waals surface area contributed by atoms with Gasteiger partial charge in [0.15, 0.2) is 0 Å². The summed E-state index contributed by atoms with van der Waals surface area (Å²) in [6, 6.07) is 4.11. The molecule has 1 aromatic heterocycles. The predicted octanol–water partition coefficient (Wildman–Crippen LogP) is 2.39. The van der Waals surface area contributed by atoms with E-state index >= 15 is 0 Å². The molecule has 0 aromatic carbocycles. The van der Waals surface area contributed by atoms with Crippen LogP contribution in [0.1, 0.15) is 25.8 Å². The van der Waals surface area contributed by atoms with Gasteiger partial charge in [0.25, 0.3) is 0 Å². The predicted molar refractivity (Wildman–Crippen MR) is 83.5 cm³/mol. The number of hydrogen-bond acceptors (Lipinski definition) is 4. The molecule has 0 spiro atoms. The van der Waals surface area contributed by atoms with Crippen LogP contribution in [0.15, 0.2) is 24.5 Å². The van der Waals surface area contributed by atoms with E-state index in [4.69, 9.17) is 0 Å². The highest BCUT2D eigenvalue weighted by molar-refractivity contribution is 8.00. The first-order valence-electron chi connectivity index (χ1n) is 7.12. The van der Waals surface area contributed by atoms with Crippen LogP contribution in [0, 0.1) is 0 Å². The van der Waals surface area contributed by atoms with Gasteiger partial charge in [0.1, 0.15) is 0 Å². The Balaban J connectivity index is 1.63. The van der Waals surface area contributed by atoms with Gasteiger partial charge in [-0.3, -0.25) is 4.98 Å². The van der Waals surface area contributed by atoms with Gasteiger partial charge in [0, 0.05) is 49.1 Å². The van der Waals surface area contributed by atoms with Crippen LogP contribution in [0.3, 0.4) is 0 Å². The molecule has 106 valence electrons. The number of hydrogen-bond donors (Lipinski definition) is 1. The minimum atomic E-state index is 0.456. The van der Waals surface area contributed by atoms with Crippen molar-refractivity contribution >= 4 is 11.8 Å². The summed E-state index contributed by atoms with van der Waals surface area (Å²) >= 11 is 2.11. The number of thioether (sulfide) groups is 1. The molecule has 1 aromatic rings. The van der Waals surface area contributed by atoms with Crippen LogP contribution in [-0.2, 0) is 6.54 Å². The molecule has 0 atom stereocenters. The van der Waals surface area contributed by atoms with E-state index < -0.39 is 0 Å². The van der Waals surface area contributed by atoms with Gasteiger partial charge < -0.3 is 10.2 Å². The van der Waals surface area contributed by atoms with Crippen LogP contribution < -0.4 is 5.32 Å². The lowest BCUT2D eigenvalue weighted by Crippen LogP contribution is -2.34. The molecular formula is C15H25N3S. The summed E-state index contributed by atoms with van der Waals surface area (Å²) < 4.78 is 0.456. The van der Waals surface area contributed by atoms with E-state index in [0.29, 0.717) is 4.75 Å². The van der Waals surface area contributed by atoms with E-state index in [0.717, 1.165) is 19.6 Å². The van der Waals surface area contributed by atoms with E-state index in [-0.39, 0.29) is 0 Å². The highest BCUT2D eigenvalue weighted by Crippen LogP contribution is 2.30. The third-order valence-electron chi connectivity index (χ3n) is 3.59. The Kier molecular flexibility index (Phi) is 5.67. The molecule has 1 fully saturated rings. The monoisotopic (exact) mass is 279 g/mol. The Morgan fingerprint density at radius 1 is 1.42 bits per heavy atom. The van der Waals surface area contributed by atoms with Crippen LogP contribution in [-0.4, -0.2) is 46.6 Å². The van der Waals surface area contributed by atoms with Crippen molar-refractivity contribution in [2.45, 2.75) is 31.6 Å². The number of aromatic nitrogens is 1. The Morgan fingerprint density at radius 2 is 2.32 bits per heavy atom. The summed E-state index contributed by atoms with van der Waals surface area (Å²) in [4.78, 5) is 6.71. The van der Waals surface area contributed by atoms with Gasteiger partial charge in [-0.1, -0.05) is 19.9 Å². The lowest BCUT2D eigenvalue weighted by molar-refractivity contribution is 0.283. The van der Waals surface area contributed by atoms with Crippen molar-refractivity contribution in [1.29, 1.82) is 0 Å². The first-order valence-corrected chi connectivity index (χ1v) is 8.10. The molecule has 0 bridgehead atoms. The third-order valence-corrected chi connectivity index (χ3v) is 4.96. The van der Waals surface area contributed by atoms with Crippen molar-refractivity contribution < 1.29 is 0 Å². The standard InChI is InChI=1S/C15H25N3S/c1-15(2)5-8-18(10-11-19-15)9-7-17-13-14-4-3-6-16-12-14/h3-4,6,12,17H,5,7-11,13H2,1-2H3. The second-order valence-corrected chi connectivity index (χ2v) is 7.54. The fraction of sp³-hybridized carbons (Fsp3) is 0.667. The highest BCUT2D eigenvalue weighted by Gasteiger charge is 2.23. The molecule has 1 aliphatic heterocycles. The minimum Gasteiger partial charge on any atom is -0.311 e. The maximum atomic E-state index is 4.13. The van der Waals surface area contributed by atoms with Crippen LogP contribution >= 0.6 is 11.8 Å². The molecule has 2 heterocycles. The Labute approximate surface area is 121 Å². The van der Waals surface area contributed by atoms with Gasteiger partial charge in [-0.05, 0) is 24.6 Å².